The molecule has 1 aromatic carbocycles. The highest BCUT2D eigenvalue weighted by Gasteiger charge is 2.16. The summed E-state index contributed by atoms with van der Waals surface area (Å²) in [5, 5.41) is 7.03. The fourth-order valence-corrected chi connectivity index (χ4v) is 2.97. The van der Waals surface area contributed by atoms with E-state index >= 15 is 0 Å². The van der Waals surface area contributed by atoms with Gasteiger partial charge in [-0.1, -0.05) is 6.07 Å². The zero-order valence-corrected chi connectivity index (χ0v) is 15.1. The molecule has 8 nitrogen and oxygen atoms in total. The molecular weight excluding hydrogens is 342 g/mol. The molecule has 1 fully saturated rings. The van der Waals surface area contributed by atoms with Crippen molar-refractivity contribution in [1.82, 2.24) is 24.6 Å². The van der Waals surface area contributed by atoms with Crippen LogP contribution >= 0.6 is 0 Å². The van der Waals surface area contributed by atoms with Crippen molar-refractivity contribution in [3.63, 3.8) is 0 Å². The topological polar surface area (TPSA) is 79.2 Å². The van der Waals surface area contributed by atoms with E-state index in [1.54, 1.807) is 35.4 Å². The number of nitrogens with zero attached hydrogens (tertiary/aromatic N) is 6. The van der Waals surface area contributed by atoms with E-state index < -0.39 is 0 Å². The molecule has 2 aromatic heterocycles. The number of benzene rings is 1. The summed E-state index contributed by atoms with van der Waals surface area (Å²) in [6, 6.07) is 9.13. The Hall–Kier alpha value is -3.26. The van der Waals surface area contributed by atoms with Gasteiger partial charge in [0.25, 0.3) is 5.91 Å². The SMILES string of the molecule is CN1CCN(c2ncc(NC(=O)c3cccc(-n4cccn4)c3)cn2)CC1. The lowest BCUT2D eigenvalue weighted by Gasteiger charge is -2.32. The second kappa shape index (κ2) is 7.55. The summed E-state index contributed by atoms with van der Waals surface area (Å²) in [5.41, 5.74) is 1.95. The number of carbonyl (C=O) groups excluding carboxylic acids is 1. The van der Waals surface area contributed by atoms with Gasteiger partial charge < -0.3 is 15.1 Å². The first-order valence-corrected chi connectivity index (χ1v) is 8.86. The maximum Gasteiger partial charge on any atom is 0.255 e. The number of likely N-dealkylation sites (N-methyl/N-ethyl adjacent to an activating group) is 1. The molecule has 0 saturated carbocycles. The Morgan fingerprint density at radius 3 is 2.56 bits per heavy atom. The molecule has 0 aliphatic carbocycles. The van der Waals surface area contributed by atoms with Crippen LogP contribution in [0.1, 0.15) is 10.4 Å². The normalized spacial score (nSPS) is 14.9. The molecule has 1 aliphatic rings. The van der Waals surface area contributed by atoms with E-state index in [9.17, 15) is 4.79 Å². The minimum atomic E-state index is -0.208. The fourth-order valence-electron chi connectivity index (χ4n) is 2.97. The Labute approximate surface area is 157 Å². The maximum absolute atomic E-state index is 12.5. The lowest BCUT2D eigenvalue weighted by atomic mass is 10.2. The van der Waals surface area contributed by atoms with Crippen LogP contribution in [-0.2, 0) is 0 Å². The Balaban J connectivity index is 1.43. The number of amides is 1. The summed E-state index contributed by atoms with van der Waals surface area (Å²) in [5.74, 6) is 0.488. The third kappa shape index (κ3) is 3.95. The average molecular weight is 363 g/mol. The van der Waals surface area contributed by atoms with Gasteiger partial charge in [-0.25, -0.2) is 14.6 Å². The van der Waals surface area contributed by atoms with E-state index in [2.05, 4.69) is 37.2 Å². The van der Waals surface area contributed by atoms with Crippen molar-refractivity contribution in [2.24, 2.45) is 0 Å². The predicted octanol–water partition coefficient (Wildman–Crippen LogP) is 1.67. The van der Waals surface area contributed by atoms with Gasteiger partial charge in [0.1, 0.15) is 0 Å². The molecule has 8 heteroatoms. The van der Waals surface area contributed by atoms with E-state index in [4.69, 9.17) is 0 Å². The molecule has 138 valence electrons. The summed E-state index contributed by atoms with van der Waals surface area (Å²) in [4.78, 5) is 25.8. The quantitative estimate of drug-likeness (QED) is 0.760. The average Bonchev–Trinajstić information content (AvgIpc) is 3.24. The van der Waals surface area contributed by atoms with Gasteiger partial charge in [0.15, 0.2) is 0 Å². The minimum absolute atomic E-state index is 0.208. The van der Waals surface area contributed by atoms with Crippen molar-refractivity contribution in [1.29, 1.82) is 0 Å². The third-order valence-electron chi connectivity index (χ3n) is 4.56. The first-order valence-electron chi connectivity index (χ1n) is 8.86. The molecule has 0 atom stereocenters. The van der Waals surface area contributed by atoms with Crippen LogP contribution in [0.15, 0.2) is 55.1 Å². The van der Waals surface area contributed by atoms with E-state index in [1.807, 2.05) is 24.4 Å². The summed E-state index contributed by atoms with van der Waals surface area (Å²) < 4.78 is 1.71. The highest BCUT2D eigenvalue weighted by molar-refractivity contribution is 6.04. The second-order valence-corrected chi connectivity index (χ2v) is 6.52. The van der Waals surface area contributed by atoms with Crippen molar-refractivity contribution in [3.05, 3.63) is 60.7 Å². The van der Waals surface area contributed by atoms with Crippen LogP contribution in [0.25, 0.3) is 5.69 Å². The van der Waals surface area contributed by atoms with Gasteiger partial charge in [0, 0.05) is 44.1 Å². The molecule has 0 radical (unpaired) electrons. The van der Waals surface area contributed by atoms with Crippen molar-refractivity contribution in [2.75, 3.05) is 43.4 Å². The zero-order chi connectivity index (χ0) is 18.6. The molecule has 1 saturated heterocycles. The van der Waals surface area contributed by atoms with Crippen molar-refractivity contribution in [3.8, 4) is 5.69 Å². The van der Waals surface area contributed by atoms with Gasteiger partial charge in [-0.3, -0.25) is 4.79 Å². The summed E-state index contributed by atoms with van der Waals surface area (Å²) in [7, 11) is 2.11. The van der Waals surface area contributed by atoms with E-state index in [0.29, 0.717) is 17.2 Å². The number of nitrogens with one attached hydrogen (secondary N) is 1. The van der Waals surface area contributed by atoms with Gasteiger partial charge >= 0.3 is 0 Å². The molecule has 4 rings (SSSR count). The molecule has 0 bridgehead atoms. The Bertz CT molecular complexity index is 900. The molecule has 1 aliphatic heterocycles. The van der Waals surface area contributed by atoms with Crippen LogP contribution in [-0.4, -0.2) is 63.8 Å². The summed E-state index contributed by atoms with van der Waals surface area (Å²) >= 11 is 0. The van der Waals surface area contributed by atoms with Gasteiger partial charge in [-0.2, -0.15) is 5.10 Å². The minimum Gasteiger partial charge on any atom is -0.338 e. The van der Waals surface area contributed by atoms with Crippen molar-refractivity contribution >= 4 is 17.5 Å². The van der Waals surface area contributed by atoms with E-state index in [-0.39, 0.29) is 5.91 Å². The van der Waals surface area contributed by atoms with E-state index in [1.165, 1.54) is 0 Å². The van der Waals surface area contributed by atoms with Crippen LogP contribution in [0.4, 0.5) is 11.6 Å². The fraction of sp³-hybridized carbons (Fsp3) is 0.263. The Kier molecular flexibility index (Phi) is 4.80. The maximum atomic E-state index is 12.5. The predicted molar refractivity (Wildman–Crippen MR) is 103 cm³/mol. The molecule has 1 N–H and O–H groups in total. The summed E-state index contributed by atoms with van der Waals surface area (Å²) in [6.45, 7) is 3.80. The molecule has 3 aromatic rings. The number of rotatable bonds is 4. The number of carbonyl (C=O) groups is 1. The van der Waals surface area contributed by atoms with Crippen molar-refractivity contribution in [2.45, 2.75) is 0 Å². The first kappa shape index (κ1) is 17.2. The van der Waals surface area contributed by atoms with Crippen LogP contribution < -0.4 is 10.2 Å². The standard InChI is InChI=1S/C19H21N7O/c1-24-8-10-25(11-9-24)19-20-13-16(14-21-19)23-18(27)15-4-2-5-17(12-15)26-7-3-6-22-26/h2-7,12-14H,8-11H2,1H3,(H,23,27). The summed E-state index contributed by atoms with van der Waals surface area (Å²) in [6.07, 6.45) is 6.83. The van der Waals surface area contributed by atoms with E-state index in [0.717, 1.165) is 31.9 Å². The van der Waals surface area contributed by atoms with Crippen molar-refractivity contribution < 1.29 is 4.79 Å². The highest BCUT2D eigenvalue weighted by Crippen LogP contribution is 2.15. The number of hydrogen-bond acceptors (Lipinski definition) is 6. The molecule has 0 unspecified atom stereocenters. The molecule has 0 spiro atoms. The second-order valence-electron chi connectivity index (χ2n) is 6.52. The lowest BCUT2D eigenvalue weighted by Crippen LogP contribution is -2.45. The third-order valence-corrected chi connectivity index (χ3v) is 4.56. The van der Waals surface area contributed by atoms with Crippen LogP contribution in [0.2, 0.25) is 0 Å². The molecule has 1 amide bonds. The highest BCUT2D eigenvalue weighted by atomic mass is 16.1. The lowest BCUT2D eigenvalue weighted by molar-refractivity contribution is 0.102. The van der Waals surface area contributed by atoms with Gasteiger partial charge in [-0.05, 0) is 31.3 Å². The monoisotopic (exact) mass is 363 g/mol. The number of hydrogen-bond donors (Lipinski definition) is 1. The zero-order valence-electron chi connectivity index (χ0n) is 15.1. The molecule has 3 heterocycles. The van der Waals surface area contributed by atoms with Crippen LogP contribution in [0.3, 0.4) is 0 Å². The molecular formula is C19H21N7O. The Morgan fingerprint density at radius 2 is 1.85 bits per heavy atom. The largest absolute Gasteiger partial charge is 0.338 e. The smallest absolute Gasteiger partial charge is 0.255 e. The molecule has 27 heavy (non-hydrogen) atoms. The van der Waals surface area contributed by atoms with Gasteiger partial charge in [0.05, 0.1) is 23.8 Å². The van der Waals surface area contributed by atoms with Gasteiger partial charge in [-0.15, -0.1) is 0 Å². The first-order chi connectivity index (χ1) is 13.2. The Morgan fingerprint density at radius 1 is 1.07 bits per heavy atom. The number of aromatic nitrogens is 4. The van der Waals surface area contributed by atoms with Crippen LogP contribution in [0, 0.1) is 0 Å². The number of piperazine rings is 1. The van der Waals surface area contributed by atoms with Crippen LogP contribution in [0.5, 0.6) is 0 Å². The number of anilines is 2. The van der Waals surface area contributed by atoms with Gasteiger partial charge in [0.2, 0.25) is 5.95 Å².